The Morgan fingerprint density at radius 3 is 1.56 bits per heavy atom. The second kappa shape index (κ2) is 13.8. The normalized spacial score (nSPS) is 11.3. The van der Waals surface area contributed by atoms with Gasteiger partial charge in [0.2, 0.25) is 11.8 Å². The molecule has 0 aliphatic rings. The zero-order valence-corrected chi connectivity index (χ0v) is 29.8. The average molecular weight is 707 g/mol. The smallest absolute Gasteiger partial charge is 0.248 e. The van der Waals surface area contributed by atoms with E-state index in [1.54, 1.807) is 0 Å². The summed E-state index contributed by atoms with van der Waals surface area (Å²) in [6, 6.07) is 72.1. The van der Waals surface area contributed by atoms with E-state index >= 15 is 0 Å². The molecule has 5 heteroatoms. The van der Waals surface area contributed by atoms with Crippen LogP contribution in [0.2, 0.25) is 0 Å². The Morgan fingerprint density at radius 1 is 0.345 bits per heavy atom. The van der Waals surface area contributed by atoms with Gasteiger partial charge in [0.25, 0.3) is 0 Å². The van der Waals surface area contributed by atoms with E-state index in [2.05, 4.69) is 177 Å². The Kier molecular flexibility index (Phi) is 8.08. The largest absolute Gasteiger partial charge is 0.416 e. The first kappa shape index (κ1) is 32.2. The van der Waals surface area contributed by atoms with Gasteiger partial charge in [-0.25, -0.2) is 0 Å². The lowest BCUT2D eigenvalue weighted by Crippen LogP contribution is -2.09. The van der Waals surface area contributed by atoms with Crippen molar-refractivity contribution in [2.75, 3.05) is 4.90 Å². The Hall–Kier alpha value is -7.50. The lowest BCUT2D eigenvalue weighted by Gasteiger charge is -2.25. The number of para-hydroxylation sites is 3. The van der Waals surface area contributed by atoms with Gasteiger partial charge in [0.1, 0.15) is 0 Å². The Labute approximate surface area is 319 Å². The van der Waals surface area contributed by atoms with Crippen molar-refractivity contribution in [3.8, 4) is 50.8 Å². The van der Waals surface area contributed by atoms with E-state index in [1.807, 2.05) is 48.5 Å². The Bertz CT molecular complexity index is 2900. The van der Waals surface area contributed by atoms with E-state index in [4.69, 9.17) is 4.42 Å². The predicted molar refractivity (Wildman–Crippen MR) is 225 cm³/mol. The highest BCUT2D eigenvalue weighted by atomic mass is 16.4. The molecule has 0 aliphatic carbocycles. The number of hydrogen-bond acceptors (Lipinski definition) is 4. The van der Waals surface area contributed by atoms with Crippen molar-refractivity contribution in [2.24, 2.45) is 0 Å². The van der Waals surface area contributed by atoms with E-state index in [9.17, 15) is 0 Å². The lowest BCUT2D eigenvalue weighted by molar-refractivity contribution is 0.584. The molecular formula is C50H34N4O. The van der Waals surface area contributed by atoms with Crippen LogP contribution in [0.4, 0.5) is 17.1 Å². The molecule has 0 saturated heterocycles. The molecule has 0 N–H and O–H groups in total. The molecule has 10 aromatic rings. The van der Waals surface area contributed by atoms with Gasteiger partial charge in [-0.3, -0.25) is 0 Å². The Balaban J connectivity index is 0.954. The standard InChI is InChI=1S/C50H34N4O/c1-4-13-35(14-5-1)38-15-12-16-40(33-38)50-52-51-49(55-50)37-25-30-44(31-26-37)53(41-17-6-2-7-18-41)43-28-23-36(24-29-43)39-27-32-48-46(34-39)45-21-10-11-22-47(45)54(48)42-19-8-3-9-20-42/h1-34H. The highest BCUT2D eigenvalue weighted by molar-refractivity contribution is 6.10. The number of rotatable bonds is 8. The van der Waals surface area contributed by atoms with Crippen LogP contribution >= 0.6 is 0 Å². The van der Waals surface area contributed by atoms with Crippen LogP contribution in [-0.2, 0) is 0 Å². The maximum Gasteiger partial charge on any atom is 0.248 e. The molecule has 0 amide bonds. The summed E-state index contributed by atoms with van der Waals surface area (Å²) in [7, 11) is 0. The molecule has 0 bridgehead atoms. The van der Waals surface area contributed by atoms with Crippen molar-refractivity contribution in [1.82, 2.24) is 14.8 Å². The number of fused-ring (bicyclic) bond motifs is 3. The zero-order chi connectivity index (χ0) is 36.6. The summed E-state index contributed by atoms with van der Waals surface area (Å²) in [5.41, 5.74) is 13.0. The van der Waals surface area contributed by atoms with Gasteiger partial charge in [-0.15, -0.1) is 10.2 Å². The molecule has 0 unspecified atom stereocenters. The summed E-state index contributed by atoms with van der Waals surface area (Å²) in [4.78, 5) is 2.26. The molecular weight excluding hydrogens is 673 g/mol. The number of anilines is 3. The molecule has 2 aromatic heterocycles. The molecule has 5 nitrogen and oxygen atoms in total. The van der Waals surface area contributed by atoms with Crippen LogP contribution in [0.3, 0.4) is 0 Å². The van der Waals surface area contributed by atoms with Gasteiger partial charge >= 0.3 is 0 Å². The van der Waals surface area contributed by atoms with E-state index in [-0.39, 0.29) is 0 Å². The second-order valence-electron chi connectivity index (χ2n) is 13.5. The fraction of sp³-hybridized carbons (Fsp3) is 0. The van der Waals surface area contributed by atoms with E-state index in [0.717, 1.165) is 50.6 Å². The van der Waals surface area contributed by atoms with Crippen molar-refractivity contribution in [1.29, 1.82) is 0 Å². The van der Waals surface area contributed by atoms with Gasteiger partial charge < -0.3 is 13.9 Å². The van der Waals surface area contributed by atoms with Crippen molar-refractivity contribution in [3.05, 3.63) is 206 Å². The first-order valence-corrected chi connectivity index (χ1v) is 18.4. The summed E-state index contributed by atoms with van der Waals surface area (Å²) >= 11 is 0. The number of nitrogens with zero attached hydrogens (tertiary/aromatic N) is 4. The fourth-order valence-corrected chi connectivity index (χ4v) is 7.51. The van der Waals surface area contributed by atoms with Crippen molar-refractivity contribution < 1.29 is 4.42 Å². The van der Waals surface area contributed by atoms with E-state index in [0.29, 0.717) is 11.8 Å². The van der Waals surface area contributed by atoms with E-state index < -0.39 is 0 Å². The number of aromatic nitrogens is 3. The molecule has 0 spiro atoms. The molecule has 0 atom stereocenters. The Morgan fingerprint density at radius 2 is 0.836 bits per heavy atom. The monoisotopic (exact) mass is 706 g/mol. The molecule has 0 saturated carbocycles. The maximum absolute atomic E-state index is 6.21. The molecule has 0 fully saturated rings. The summed E-state index contributed by atoms with van der Waals surface area (Å²) in [5, 5.41) is 11.3. The molecule has 0 aliphatic heterocycles. The van der Waals surface area contributed by atoms with Crippen LogP contribution in [0.15, 0.2) is 211 Å². The topological polar surface area (TPSA) is 47.1 Å². The lowest BCUT2D eigenvalue weighted by atomic mass is 10.0. The van der Waals surface area contributed by atoms with Crippen molar-refractivity contribution >= 4 is 38.9 Å². The van der Waals surface area contributed by atoms with Crippen molar-refractivity contribution in [3.63, 3.8) is 0 Å². The summed E-state index contributed by atoms with van der Waals surface area (Å²) in [5.74, 6) is 0.968. The van der Waals surface area contributed by atoms with Gasteiger partial charge in [-0.2, -0.15) is 0 Å². The second-order valence-corrected chi connectivity index (χ2v) is 13.5. The molecule has 8 aromatic carbocycles. The van der Waals surface area contributed by atoms with Gasteiger partial charge in [0.05, 0.1) is 11.0 Å². The summed E-state index contributed by atoms with van der Waals surface area (Å²) < 4.78 is 8.56. The quantitative estimate of drug-likeness (QED) is 0.158. The third-order valence-corrected chi connectivity index (χ3v) is 10.2. The predicted octanol–water partition coefficient (Wildman–Crippen LogP) is 13.3. The first-order valence-electron chi connectivity index (χ1n) is 18.4. The average Bonchev–Trinajstić information content (AvgIpc) is 3.89. The first-order chi connectivity index (χ1) is 27.3. The molecule has 55 heavy (non-hydrogen) atoms. The number of hydrogen-bond donors (Lipinski definition) is 0. The summed E-state index contributed by atoms with van der Waals surface area (Å²) in [6.07, 6.45) is 0. The minimum Gasteiger partial charge on any atom is -0.416 e. The highest BCUT2D eigenvalue weighted by Crippen LogP contribution is 2.39. The van der Waals surface area contributed by atoms with Crippen LogP contribution in [0, 0.1) is 0 Å². The fourth-order valence-electron chi connectivity index (χ4n) is 7.51. The molecule has 260 valence electrons. The van der Waals surface area contributed by atoms with Crippen molar-refractivity contribution in [2.45, 2.75) is 0 Å². The SMILES string of the molecule is c1ccc(-c2cccc(-c3nnc(-c4ccc(N(c5ccccc5)c5ccc(-c6ccc7c(c6)c6ccccc6n7-c6ccccc6)cc5)cc4)o3)c2)cc1. The van der Waals surface area contributed by atoms with Crippen LogP contribution < -0.4 is 4.90 Å². The summed E-state index contributed by atoms with van der Waals surface area (Å²) in [6.45, 7) is 0. The number of benzene rings is 8. The van der Waals surface area contributed by atoms with Crippen LogP contribution in [0.25, 0.3) is 72.7 Å². The van der Waals surface area contributed by atoms with Gasteiger partial charge in [0.15, 0.2) is 0 Å². The third-order valence-electron chi connectivity index (χ3n) is 10.2. The minimum absolute atomic E-state index is 0.478. The molecule has 0 radical (unpaired) electrons. The van der Waals surface area contributed by atoms with Gasteiger partial charge in [0, 0.05) is 44.6 Å². The van der Waals surface area contributed by atoms with Crippen LogP contribution in [-0.4, -0.2) is 14.8 Å². The molecule has 2 heterocycles. The zero-order valence-electron chi connectivity index (χ0n) is 29.8. The van der Waals surface area contributed by atoms with Gasteiger partial charge in [-0.1, -0.05) is 115 Å². The van der Waals surface area contributed by atoms with Crippen LogP contribution in [0.1, 0.15) is 0 Å². The minimum atomic E-state index is 0.478. The molecule has 10 rings (SSSR count). The van der Waals surface area contributed by atoms with Crippen LogP contribution in [0.5, 0.6) is 0 Å². The van der Waals surface area contributed by atoms with Gasteiger partial charge in [-0.05, 0) is 113 Å². The maximum atomic E-state index is 6.21. The highest BCUT2D eigenvalue weighted by Gasteiger charge is 2.17. The van der Waals surface area contributed by atoms with E-state index in [1.165, 1.54) is 27.4 Å². The third kappa shape index (κ3) is 6.04.